The molecular formula is C9H12N2O4. The fourth-order valence-electron chi connectivity index (χ4n) is 1.19. The van der Waals surface area contributed by atoms with Crippen LogP contribution >= 0.6 is 0 Å². The van der Waals surface area contributed by atoms with Crippen LogP contribution in [0.2, 0.25) is 0 Å². The number of aliphatic hydroxyl groups is 2. The molecule has 0 saturated carbocycles. The Balaban J connectivity index is 2.75. The summed E-state index contributed by atoms with van der Waals surface area (Å²) in [5.41, 5.74) is 5.10. The van der Waals surface area contributed by atoms with Crippen molar-refractivity contribution in [2.24, 2.45) is 5.73 Å². The Bertz CT molecular complexity index is 356. The molecule has 0 aromatic carbocycles. The maximum absolute atomic E-state index is 10.9. The van der Waals surface area contributed by atoms with Gasteiger partial charge in [0.05, 0.1) is 12.5 Å². The third-order valence-corrected chi connectivity index (χ3v) is 1.91. The lowest BCUT2D eigenvalue weighted by atomic mass is 10.0. The quantitative estimate of drug-likeness (QED) is 0.420. The molecule has 0 radical (unpaired) electrons. The summed E-state index contributed by atoms with van der Waals surface area (Å²) < 4.78 is 0.496. The summed E-state index contributed by atoms with van der Waals surface area (Å²) in [7, 11) is 0. The molecule has 0 bridgehead atoms. The number of carbonyl (C=O) groups is 1. The zero-order valence-corrected chi connectivity index (χ0v) is 7.91. The first-order valence-corrected chi connectivity index (χ1v) is 4.34. The number of amides is 1. The molecule has 2 atom stereocenters. The smallest absolute Gasteiger partial charge is 0.220 e. The van der Waals surface area contributed by atoms with Gasteiger partial charge < -0.3 is 21.2 Å². The second-order valence-corrected chi connectivity index (χ2v) is 3.18. The van der Waals surface area contributed by atoms with Crippen molar-refractivity contribution in [3.63, 3.8) is 0 Å². The molecule has 1 heterocycles. The molecule has 2 unspecified atom stereocenters. The summed E-state index contributed by atoms with van der Waals surface area (Å²) in [6, 6.07) is 2.91. The Hall–Kier alpha value is -1.66. The highest BCUT2D eigenvalue weighted by atomic mass is 16.5. The van der Waals surface area contributed by atoms with Gasteiger partial charge in [-0.05, 0) is 6.07 Å². The fourth-order valence-corrected chi connectivity index (χ4v) is 1.19. The Morgan fingerprint density at radius 1 is 1.60 bits per heavy atom. The normalized spacial score (nSPS) is 14.5. The van der Waals surface area contributed by atoms with E-state index in [-0.39, 0.29) is 12.0 Å². The molecule has 6 nitrogen and oxygen atoms in total. The number of carbonyl (C=O) groups excluding carboxylic acids is 1. The van der Waals surface area contributed by atoms with E-state index in [2.05, 4.69) is 0 Å². The van der Waals surface area contributed by atoms with E-state index in [1.807, 2.05) is 0 Å². The molecule has 0 fully saturated rings. The monoisotopic (exact) mass is 212 g/mol. The molecule has 6 heteroatoms. The number of primary amides is 1. The summed E-state index contributed by atoms with van der Waals surface area (Å²) in [6.07, 6.45) is -0.579. The number of pyridine rings is 1. The van der Waals surface area contributed by atoms with Gasteiger partial charge in [-0.3, -0.25) is 4.79 Å². The summed E-state index contributed by atoms with van der Waals surface area (Å²) in [6.45, 7) is 0. The van der Waals surface area contributed by atoms with Crippen molar-refractivity contribution in [1.82, 2.24) is 0 Å². The second kappa shape index (κ2) is 4.72. The van der Waals surface area contributed by atoms with Crippen molar-refractivity contribution in [2.75, 3.05) is 0 Å². The second-order valence-electron chi connectivity index (χ2n) is 3.18. The van der Waals surface area contributed by atoms with Gasteiger partial charge in [0.2, 0.25) is 5.91 Å². The number of rotatable bonds is 4. The maximum atomic E-state index is 10.9. The van der Waals surface area contributed by atoms with Gasteiger partial charge in [0.25, 0.3) is 0 Å². The third kappa shape index (κ3) is 3.19. The molecule has 1 aromatic heterocycles. The lowest BCUT2D eigenvalue weighted by Crippen LogP contribution is -2.29. The number of aliphatic hydroxyl groups excluding tert-OH is 2. The van der Waals surface area contributed by atoms with Crippen LogP contribution in [0.25, 0.3) is 0 Å². The number of aromatic nitrogens is 1. The first-order valence-electron chi connectivity index (χ1n) is 4.34. The van der Waals surface area contributed by atoms with Crippen LogP contribution in [0.3, 0.4) is 0 Å². The maximum Gasteiger partial charge on any atom is 0.220 e. The van der Waals surface area contributed by atoms with Crippen LogP contribution < -0.4 is 10.5 Å². The van der Waals surface area contributed by atoms with Gasteiger partial charge >= 0.3 is 0 Å². The van der Waals surface area contributed by atoms with Gasteiger partial charge in [0.1, 0.15) is 6.10 Å². The first kappa shape index (κ1) is 11.4. The molecule has 1 aromatic rings. The topological polar surface area (TPSA) is 110 Å². The Morgan fingerprint density at radius 2 is 2.27 bits per heavy atom. The molecule has 0 aliphatic rings. The largest absolute Gasteiger partial charge is 0.619 e. The van der Waals surface area contributed by atoms with Crippen LogP contribution in [0, 0.1) is 5.21 Å². The minimum absolute atomic E-state index is 0.237. The predicted molar refractivity (Wildman–Crippen MR) is 50.2 cm³/mol. The molecule has 82 valence electrons. The van der Waals surface area contributed by atoms with Gasteiger partial charge in [0, 0.05) is 11.6 Å². The predicted octanol–water partition coefficient (Wildman–Crippen LogP) is -1.41. The number of hydrogen-bond acceptors (Lipinski definition) is 4. The van der Waals surface area contributed by atoms with Crippen LogP contribution in [-0.4, -0.2) is 22.2 Å². The van der Waals surface area contributed by atoms with Gasteiger partial charge in [-0.1, -0.05) is 0 Å². The van der Waals surface area contributed by atoms with Crippen LogP contribution in [-0.2, 0) is 4.79 Å². The van der Waals surface area contributed by atoms with Crippen LogP contribution in [0.1, 0.15) is 18.1 Å². The fraction of sp³-hybridized carbons (Fsp3) is 0.333. The van der Waals surface area contributed by atoms with Gasteiger partial charge in [0.15, 0.2) is 12.4 Å². The van der Waals surface area contributed by atoms with Crippen LogP contribution in [0.5, 0.6) is 0 Å². The molecule has 1 rings (SSSR count). The number of nitrogens with two attached hydrogens (primary N) is 1. The lowest BCUT2D eigenvalue weighted by molar-refractivity contribution is -0.606. The Labute approximate surface area is 86.2 Å². The van der Waals surface area contributed by atoms with Crippen molar-refractivity contribution in [1.29, 1.82) is 0 Å². The molecule has 0 spiro atoms. The highest BCUT2D eigenvalue weighted by molar-refractivity contribution is 5.74. The van der Waals surface area contributed by atoms with Crippen LogP contribution in [0.4, 0.5) is 0 Å². The highest BCUT2D eigenvalue weighted by Gasteiger charge is 2.21. The van der Waals surface area contributed by atoms with E-state index in [0.717, 1.165) is 6.20 Å². The molecule has 1 amide bonds. The number of nitrogens with zero attached hydrogens (tertiary/aromatic N) is 1. The third-order valence-electron chi connectivity index (χ3n) is 1.91. The van der Waals surface area contributed by atoms with E-state index in [4.69, 9.17) is 5.73 Å². The molecule has 0 saturated heterocycles. The van der Waals surface area contributed by atoms with Crippen LogP contribution in [0.15, 0.2) is 24.5 Å². The average molecular weight is 212 g/mol. The first-order chi connectivity index (χ1) is 7.00. The van der Waals surface area contributed by atoms with E-state index in [1.165, 1.54) is 18.3 Å². The van der Waals surface area contributed by atoms with E-state index in [1.54, 1.807) is 0 Å². The van der Waals surface area contributed by atoms with Crippen molar-refractivity contribution in [3.05, 3.63) is 35.3 Å². The highest BCUT2D eigenvalue weighted by Crippen LogP contribution is 2.16. The van der Waals surface area contributed by atoms with Crippen molar-refractivity contribution in [3.8, 4) is 0 Å². The van der Waals surface area contributed by atoms with Gasteiger partial charge in [-0.2, -0.15) is 4.73 Å². The molecule has 4 N–H and O–H groups in total. The minimum atomic E-state index is -1.30. The van der Waals surface area contributed by atoms with Gasteiger partial charge in [-0.15, -0.1) is 0 Å². The average Bonchev–Trinajstić information content (AvgIpc) is 2.15. The molecular weight excluding hydrogens is 200 g/mol. The number of hydrogen-bond donors (Lipinski definition) is 3. The van der Waals surface area contributed by atoms with E-state index in [0.29, 0.717) is 4.73 Å². The molecule has 0 aliphatic carbocycles. The summed E-state index contributed by atoms with van der Waals surface area (Å²) in [5, 5.41) is 29.8. The Morgan fingerprint density at radius 3 is 2.80 bits per heavy atom. The van der Waals surface area contributed by atoms with E-state index in [9.17, 15) is 20.2 Å². The molecule has 15 heavy (non-hydrogen) atoms. The summed E-state index contributed by atoms with van der Waals surface area (Å²) >= 11 is 0. The van der Waals surface area contributed by atoms with Gasteiger partial charge in [-0.25, -0.2) is 0 Å². The summed E-state index contributed by atoms with van der Waals surface area (Å²) in [5.74, 6) is -0.715. The zero-order chi connectivity index (χ0) is 11.4. The van der Waals surface area contributed by atoms with E-state index >= 15 is 0 Å². The van der Waals surface area contributed by atoms with Crippen molar-refractivity contribution < 1.29 is 19.7 Å². The zero-order valence-electron chi connectivity index (χ0n) is 7.91. The lowest BCUT2D eigenvalue weighted by Gasteiger charge is -2.15. The Kier molecular flexibility index (Phi) is 3.59. The minimum Gasteiger partial charge on any atom is -0.619 e. The van der Waals surface area contributed by atoms with E-state index < -0.39 is 18.1 Å². The van der Waals surface area contributed by atoms with Crippen molar-refractivity contribution >= 4 is 5.91 Å². The SMILES string of the molecule is NC(=O)CC(O)C(O)c1ccc[n+]([O-])c1. The van der Waals surface area contributed by atoms with Crippen molar-refractivity contribution in [2.45, 2.75) is 18.6 Å². The molecule has 0 aliphatic heterocycles. The summed E-state index contributed by atoms with van der Waals surface area (Å²) in [4.78, 5) is 10.5. The standard InChI is InChI=1S/C9H12N2O4/c10-8(13)4-7(12)9(14)6-2-1-3-11(15)5-6/h1-3,5,7,9,12,14H,4H2,(H2,10,13).